The van der Waals surface area contributed by atoms with Gasteiger partial charge in [-0.3, -0.25) is 4.98 Å². The molecule has 2 heterocycles. The molecule has 0 spiro atoms. The fraction of sp³-hybridized carbons (Fsp3) is 0.250. The summed E-state index contributed by atoms with van der Waals surface area (Å²) in [5.41, 5.74) is 1.13. The van der Waals surface area contributed by atoms with E-state index in [-0.39, 0.29) is 12.2 Å². The molecule has 1 saturated heterocycles. The summed E-state index contributed by atoms with van der Waals surface area (Å²) in [6.07, 6.45) is 4.41. The van der Waals surface area contributed by atoms with E-state index in [9.17, 15) is 4.79 Å². The third-order valence-electron chi connectivity index (χ3n) is 4.91. The summed E-state index contributed by atoms with van der Waals surface area (Å²) < 4.78 is 17.2. The monoisotopic (exact) mass is 404 g/mol. The Balaban J connectivity index is 1.21. The minimum Gasteiger partial charge on any atom is -0.490 e. The Bertz CT molecular complexity index is 924. The molecule has 154 valence electrons. The van der Waals surface area contributed by atoms with Crippen molar-refractivity contribution < 1.29 is 19.0 Å². The summed E-state index contributed by atoms with van der Waals surface area (Å²) >= 11 is 0. The zero-order chi connectivity index (χ0) is 20.6. The van der Waals surface area contributed by atoms with E-state index < -0.39 is 0 Å². The number of aromatic nitrogens is 1. The average Bonchev–Trinajstić information content (AvgIpc) is 2.80. The SMILES string of the molecule is O=C(Oc1cccnc1)N1CCC(Oc2ccc(OCc3ccccc3)cc2)CC1. The van der Waals surface area contributed by atoms with Gasteiger partial charge in [0.1, 0.15) is 24.2 Å². The number of ether oxygens (including phenoxy) is 3. The molecule has 0 aliphatic carbocycles. The number of hydrogen-bond acceptors (Lipinski definition) is 5. The molecule has 2 aromatic carbocycles. The van der Waals surface area contributed by atoms with E-state index in [1.807, 2.05) is 54.6 Å². The van der Waals surface area contributed by atoms with Crippen molar-refractivity contribution in [3.63, 3.8) is 0 Å². The lowest BCUT2D eigenvalue weighted by molar-refractivity contribution is 0.0929. The molecule has 6 heteroatoms. The highest BCUT2D eigenvalue weighted by molar-refractivity contribution is 5.70. The topological polar surface area (TPSA) is 60.9 Å². The Kier molecular flexibility index (Phi) is 6.44. The summed E-state index contributed by atoms with van der Waals surface area (Å²) in [5, 5.41) is 0. The number of rotatable bonds is 6. The molecule has 3 aromatic rings. The van der Waals surface area contributed by atoms with Gasteiger partial charge in [0.05, 0.1) is 6.20 Å². The number of pyridine rings is 1. The van der Waals surface area contributed by atoms with Gasteiger partial charge in [-0.1, -0.05) is 30.3 Å². The predicted molar refractivity (Wildman–Crippen MR) is 113 cm³/mol. The molecule has 1 amide bonds. The van der Waals surface area contributed by atoms with Crippen molar-refractivity contribution in [3.8, 4) is 17.2 Å². The molecule has 0 saturated carbocycles. The molecule has 1 aromatic heterocycles. The molecule has 0 atom stereocenters. The second kappa shape index (κ2) is 9.78. The highest BCUT2D eigenvalue weighted by atomic mass is 16.6. The summed E-state index contributed by atoms with van der Waals surface area (Å²) in [6.45, 7) is 1.73. The number of nitrogens with zero attached hydrogens (tertiary/aromatic N) is 2. The molecule has 1 aliphatic heterocycles. The van der Waals surface area contributed by atoms with Gasteiger partial charge in [0, 0.05) is 32.1 Å². The van der Waals surface area contributed by atoms with Gasteiger partial charge < -0.3 is 19.1 Å². The van der Waals surface area contributed by atoms with Crippen LogP contribution in [0.5, 0.6) is 17.2 Å². The maximum atomic E-state index is 12.3. The van der Waals surface area contributed by atoms with Crippen LogP contribution in [0.15, 0.2) is 79.1 Å². The van der Waals surface area contributed by atoms with Gasteiger partial charge in [0.15, 0.2) is 5.75 Å². The van der Waals surface area contributed by atoms with Crippen LogP contribution in [-0.2, 0) is 6.61 Å². The first-order chi connectivity index (χ1) is 14.8. The Morgan fingerprint density at radius 2 is 1.63 bits per heavy atom. The first-order valence-electron chi connectivity index (χ1n) is 10.1. The van der Waals surface area contributed by atoms with E-state index in [2.05, 4.69) is 4.98 Å². The maximum Gasteiger partial charge on any atom is 0.415 e. The zero-order valence-corrected chi connectivity index (χ0v) is 16.6. The van der Waals surface area contributed by atoms with Crippen molar-refractivity contribution in [2.45, 2.75) is 25.6 Å². The van der Waals surface area contributed by atoms with Crippen LogP contribution in [0.2, 0.25) is 0 Å². The van der Waals surface area contributed by atoms with Gasteiger partial charge in [-0.2, -0.15) is 0 Å². The lowest BCUT2D eigenvalue weighted by atomic mass is 10.1. The summed E-state index contributed by atoms with van der Waals surface area (Å²) in [4.78, 5) is 17.9. The van der Waals surface area contributed by atoms with Crippen molar-refractivity contribution in [1.82, 2.24) is 9.88 Å². The Morgan fingerprint density at radius 1 is 0.900 bits per heavy atom. The largest absolute Gasteiger partial charge is 0.490 e. The van der Waals surface area contributed by atoms with Crippen molar-refractivity contribution in [3.05, 3.63) is 84.7 Å². The number of hydrogen-bond donors (Lipinski definition) is 0. The minimum absolute atomic E-state index is 0.0727. The van der Waals surface area contributed by atoms with Crippen molar-refractivity contribution in [1.29, 1.82) is 0 Å². The summed E-state index contributed by atoms with van der Waals surface area (Å²) in [7, 11) is 0. The molecule has 0 radical (unpaired) electrons. The van der Waals surface area contributed by atoms with Crippen molar-refractivity contribution >= 4 is 6.09 Å². The van der Waals surface area contributed by atoms with Crippen LogP contribution < -0.4 is 14.2 Å². The first kappa shape index (κ1) is 19.8. The van der Waals surface area contributed by atoms with Crippen LogP contribution in [-0.4, -0.2) is 35.2 Å². The second-order valence-corrected chi connectivity index (χ2v) is 7.11. The van der Waals surface area contributed by atoms with Gasteiger partial charge in [0.25, 0.3) is 0 Å². The molecule has 1 aliphatic rings. The summed E-state index contributed by atoms with van der Waals surface area (Å²) in [5.74, 6) is 2.06. The zero-order valence-electron chi connectivity index (χ0n) is 16.6. The molecule has 0 bridgehead atoms. The standard InChI is InChI=1S/C24H24N2O4/c27-24(30-23-7-4-14-25-17-23)26-15-12-22(13-16-26)29-21-10-8-20(9-11-21)28-18-19-5-2-1-3-6-19/h1-11,14,17,22H,12-13,15-16,18H2. The van der Waals surface area contributed by atoms with E-state index in [1.165, 1.54) is 6.20 Å². The summed E-state index contributed by atoms with van der Waals surface area (Å²) in [6, 6.07) is 21.2. The Morgan fingerprint density at radius 3 is 2.33 bits per heavy atom. The quantitative estimate of drug-likeness (QED) is 0.596. The molecule has 30 heavy (non-hydrogen) atoms. The molecule has 6 nitrogen and oxygen atoms in total. The second-order valence-electron chi connectivity index (χ2n) is 7.11. The number of benzene rings is 2. The average molecular weight is 404 g/mol. The van der Waals surface area contributed by atoms with Crippen LogP contribution in [0.25, 0.3) is 0 Å². The smallest absolute Gasteiger partial charge is 0.415 e. The molecule has 0 unspecified atom stereocenters. The number of likely N-dealkylation sites (tertiary alicyclic amines) is 1. The lowest BCUT2D eigenvalue weighted by Gasteiger charge is -2.31. The Labute approximate surface area is 176 Å². The van der Waals surface area contributed by atoms with Crippen LogP contribution in [0.3, 0.4) is 0 Å². The molecule has 0 N–H and O–H groups in total. The predicted octanol–water partition coefficient (Wildman–Crippen LogP) is 4.70. The van der Waals surface area contributed by atoms with E-state index >= 15 is 0 Å². The van der Waals surface area contributed by atoms with Crippen molar-refractivity contribution in [2.24, 2.45) is 0 Å². The molecular formula is C24H24N2O4. The highest BCUT2D eigenvalue weighted by Crippen LogP contribution is 2.23. The van der Waals surface area contributed by atoms with Crippen LogP contribution in [0, 0.1) is 0 Å². The van der Waals surface area contributed by atoms with Gasteiger partial charge in [0.2, 0.25) is 0 Å². The molecule has 4 rings (SSSR count). The Hall–Kier alpha value is -3.54. The van der Waals surface area contributed by atoms with Crippen LogP contribution in [0.1, 0.15) is 18.4 Å². The first-order valence-corrected chi connectivity index (χ1v) is 10.1. The van der Waals surface area contributed by atoms with Gasteiger partial charge >= 0.3 is 6.09 Å². The number of piperidine rings is 1. The van der Waals surface area contributed by atoms with Crippen LogP contribution >= 0.6 is 0 Å². The number of carbonyl (C=O) groups is 1. The van der Waals surface area contributed by atoms with E-state index in [1.54, 1.807) is 23.2 Å². The maximum absolute atomic E-state index is 12.3. The fourth-order valence-corrected chi connectivity index (χ4v) is 3.28. The minimum atomic E-state index is -0.346. The van der Waals surface area contributed by atoms with Gasteiger partial charge in [-0.25, -0.2) is 4.79 Å². The van der Waals surface area contributed by atoms with E-state index in [0.717, 1.165) is 29.9 Å². The normalized spacial score (nSPS) is 14.2. The molecular weight excluding hydrogens is 380 g/mol. The van der Waals surface area contributed by atoms with Crippen LogP contribution in [0.4, 0.5) is 4.79 Å². The van der Waals surface area contributed by atoms with Crippen molar-refractivity contribution in [2.75, 3.05) is 13.1 Å². The third kappa shape index (κ3) is 5.50. The molecule has 1 fully saturated rings. The number of amides is 1. The van der Waals surface area contributed by atoms with E-state index in [4.69, 9.17) is 14.2 Å². The lowest BCUT2D eigenvalue weighted by Crippen LogP contribution is -2.43. The number of carbonyl (C=O) groups excluding carboxylic acids is 1. The van der Waals surface area contributed by atoms with Gasteiger partial charge in [-0.05, 0) is 42.0 Å². The van der Waals surface area contributed by atoms with E-state index in [0.29, 0.717) is 25.4 Å². The van der Waals surface area contributed by atoms with Gasteiger partial charge in [-0.15, -0.1) is 0 Å². The fourth-order valence-electron chi connectivity index (χ4n) is 3.28. The highest BCUT2D eigenvalue weighted by Gasteiger charge is 2.25. The third-order valence-corrected chi connectivity index (χ3v) is 4.91.